The van der Waals surface area contributed by atoms with Gasteiger partial charge >= 0.3 is 0 Å². The van der Waals surface area contributed by atoms with Crippen molar-refractivity contribution >= 4 is 28.8 Å². The number of carbonyl (C=O) groups is 2. The summed E-state index contributed by atoms with van der Waals surface area (Å²) in [4.78, 5) is 28.6. The van der Waals surface area contributed by atoms with Gasteiger partial charge in [0.1, 0.15) is 5.70 Å². The highest BCUT2D eigenvalue weighted by molar-refractivity contribution is 6.46. The van der Waals surface area contributed by atoms with E-state index >= 15 is 0 Å². The Morgan fingerprint density at radius 2 is 1.52 bits per heavy atom. The number of amides is 2. The van der Waals surface area contributed by atoms with E-state index in [0.717, 1.165) is 34.4 Å². The molecular formula is C29H30N2O2. The molecule has 0 saturated heterocycles. The Morgan fingerprint density at radius 3 is 2.09 bits per heavy atom. The molecule has 0 radical (unpaired) electrons. The summed E-state index contributed by atoms with van der Waals surface area (Å²) in [5.41, 5.74) is 7.29. The van der Waals surface area contributed by atoms with Crippen molar-refractivity contribution in [3.05, 3.63) is 100 Å². The molecule has 0 spiro atoms. The summed E-state index contributed by atoms with van der Waals surface area (Å²) < 4.78 is 0. The molecule has 4 heteroatoms. The molecule has 0 bridgehead atoms. The second kappa shape index (κ2) is 9.07. The SMILES string of the molecule is CCc1ccc(NC2=C(c3ccc(C)cc3C)C(=O)N(c3ccc(C(C)C)cc3)C2=O)cc1. The summed E-state index contributed by atoms with van der Waals surface area (Å²) in [7, 11) is 0. The van der Waals surface area contributed by atoms with E-state index in [2.05, 4.69) is 26.1 Å². The number of carbonyl (C=O) groups excluding carboxylic acids is 2. The Kier molecular flexibility index (Phi) is 6.19. The molecule has 1 aliphatic heterocycles. The van der Waals surface area contributed by atoms with Gasteiger partial charge in [-0.25, -0.2) is 4.90 Å². The number of benzene rings is 3. The molecule has 1 heterocycles. The lowest BCUT2D eigenvalue weighted by Gasteiger charge is -2.17. The lowest BCUT2D eigenvalue weighted by molar-refractivity contribution is -0.120. The molecule has 0 unspecified atom stereocenters. The van der Waals surface area contributed by atoms with Gasteiger partial charge in [0.05, 0.1) is 11.3 Å². The van der Waals surface area contributed by atoms with Crippen LogP contribution in [0.5, 0.6) is 0 Å². The van der Waals surface area contributed by atoms with Crippen molar-refractivity contribution in [3.8, 4) is 0 Å². The highest BCUT2D eigenvalue weighted by Crippen LogP contribution is 2.35. The number of hydrogen-bond acceptors (Lipinski definition) is 3. The van der Waals surface area contributed by atoms with Crippen LogP contribution in [0.2, 0.25) is 0 Å². The van der Waals surface area contributed by atoms with Gasteiger partial charge < -0.3 is 5.32 Å². The average molecular weight is 439 g/mol. The zero-order valence-electron chi connectivity index (χ0n) is 19.9. The molecule has 1 aliphatic rings. The molecule has 168 valence electrons. The van der Waals surface area contributed by atoms with E-state index in [1.54, 1.807) is 0 Å². The fraction of sp³-hybridized carbons (Fsp3) is 0.241. The number of imide groups is 1. The van der Waals surface area contributed by atoms with Gasteiger partial charge in [0.25, 0.3) is 11.8 Å². The second-order valence-electron chi connectivity index (χ2n) is 8.94. The van der Waals surface area contributed by atoms with Crippen LogP contribution in [-0.2, 0) is 16.0 Å². The van der Waals surface area contributed by atoms with Crippen molar-refractivity contribution in [1.82, 2.24) is 0 Å². The predicted molar refractivity (Wildman–Crippen MR) is 135 cm³/mol. The van der Waals surface area contributed by atoms with E-state index < -0.39 is 0 Å². The first-order valence-electron chi connectivity index (χ1n) is 11.5. The van der Waals surface area contributed by atoms with Gasteiger partial charge in [-0.2, -0.15) is 0 Å². The van der Waals surface area contributed by atoms with E-state index in [1.165, 1.54) is 10.5 Å². The fourth-order valence-electron chi connectivity index (χ4n) is 4.20. The third-order valence-corrected chi connectivity index (χ3v) is 6.18. The molecule has 4 rings (SSSR count). The minimum absolute atomic E-state index is 0.308. The van der Waals surface area contributed by atoms with Gasteiger partial charge in [-0.1, -0.05) is 68.8 Å². The summed E-state index contributed by atoms with van der Waals surface area (Å²) in [5, 5.41) is 3.26. The topological polar surface area (TPSA) is 49.4 Å². The van der Waals surface area contributed by atoms with E-state index in [9.17, 15) is 9.59 Å². The molecule has 1 N–H and O–H groups in total. The first kappa shape index (κ1) is 22.5. The van der Waals surface area contributed by atoms with Crippen LogP contribution < -0.4 is 10.2 Å². The van der Waals surface area contributed by atoms with Crippen LogP contribution in [0.3, 0.4) is 0 Å². The molecule has 0 aliphatic carbocycles. The molecule has 0 aromatic heterocycles. The quantitative estimate of drug-likeness (QED) is 0.454. The molecule has 3 aromatic rings. The first-order valence-corrected chi connectivity index (χ1v) is 11.5. The Labute approximate surface area is 195 Å². The second-order valence-corrected chi connectivity index (χ2v) is 8.94. The van der Waals surface area contributed by atoms with Crippen molar-refractivity contribution in [2.24, 2.45) is 0 Å². The lowest BCUT2D eigenvalue weighted by atomic mass is 9.97. The molecule has 0 saturated carbocycles. The Morgan fingerprint density at radius 1 is 0.848 bits per heavy atom. The number of nitrogens with one attached hydrogen (secondary N) is 1. The van der Waals surface area contributed by atoms with Gasteiger partial charge in [0.2, 0.25) is 0 Å². The third-order valence-electron chi connectivity index (χ3n) is 6.18. The van der Waals surface area contributed by atoms with Crippen LogP contribution in [0.25, 0.3) is 5.57 Å². The summed E-state index contributed by atoms with van der Waals surface area (Å²) in [6, 6.07) is 21.6. The van der Waals surface area contributed by atoms with E-state index in [-0.39, 0.29) is 11.8 Å². The van der Waals surface area contributed by atoms with Crippen LogP contribution in [0.4, 0.5) is 11.4 Å². The number of hydrogen-bond donors (Lipinski definition) is 1. The van der Waals surface area contributed by atoms with Gasteiger partial charge in [-0.15, -0.1) is 0 Å². The Bertz CT molecular complexity index is 1240. The molecule has 0 fully saturated rings. The standard InChI is InChI=1S/C29H30N2O2/c1-6-21-8-12-23(13-9-21)30-27-26(25-16-7-19(4)17-20(25)5)28(32)31(29(27)33)24-14-10-22(11-15-24)18(2)3/h7-18,30H,6H2,1-5H3. The van der Waals surface area contributed by atoms with E-state index in [1.807, 2.05) is 80.6 Å². The van der Waals surface area contributed by atoms with Crippen LogP contribution in [0, 0.1) is 13.8 Å². The zero-order valence-corrected chi connectivity index (χ0v) is 19.9. The Hall–Kier alpha value is -3.66. The van der Waals surface area contributed by atoms with Gasteiger partial charge in [-0.05, 0) is 72.7 Å². The molecule has 4 nitrogen and oxygen atoms in total. The molecular weight excluding hydrogens is 408 g/mol. The third kappa shape index (κ3) is 4.34. The van der Waals surface area contributed by atoms with E-state index in [0.29, 0.717) is 22.9 Å². The monoisotopic (exact) mass is 438 g/mol. The average Bonchev–Trinajstić information content (AvgIpc) is 3.04. The molecule has 33 heavy (non-hydrogen) atoms. The normalized spacial score (nSPS) is 13.9. The maximum atomic E-state index is 13.7. The van der Waals surface area contributed by atoms with Crippen molar-refractivity contribution in [1.29, 1.82) is 0 Å². The van der Waals surface area contributed by atoms with Crippen LogP contribution in [0.15, 0.2) is 72.4 Å². The highest BCUT2D eigenvalue weighted by Gasteiger charge is 2.40. The smallest absolute Gasteiger partial charge is 0.282 e. The largest absolute Gasteiger partial charge is 0.350 e. The van der Waals surface area contributed by atoms with Gasteiger partial charge in [0.15, 0.2) is 0 Å². The van der Waals surface area contributed by atoms with Crippen LogP contribution in [-0.4, -0.2) is 11.8 Å². The molecule has 3 aromatic carbocycles. The number of rotatable bonds is 6. The summed E-state index contributed by atoms with van der Waals surface area (Å²) >= 11 is 0. The summed E-state index contributed by atoms with van der Waals surface area (Å²) in [6.07, 6.45) is 0.939. The predicted octanol–water partition coefficient (Wildman–Crippen LogP) is 6.39. The fourth-order valence-corrected chi connectivity index (χ4v) is 4.20. The van der Waals surface area contributed by atoms with Crippen LogP contribution in [0.1, 0.15) is 54.5 Å². The first-order chi connectivity index (χ1) is 15.8. The summed E-state index contributed by atoms with van der Waals surface area (Å²) in [6.45, 7) is 10.3. The molecule has 2 amide bonds. The molecule has 0 atom stereocenters. The van der Waals surface area contributed by atoms with Crippen molar-refractivity contribution in [2.75, 3.05) is 10.2 Å². The minimum atomic E-state index is -0.341. The lowest BCUT2D eigenvalue weighted by Crippen LogP contribution is -2.32. The van der Waals surface area contributed by atoms with Crippen molar-refractivity contribution in [3.63, 3.8) is 0 Å². The van der Waals surface area contributed by atoms with Crippen molar-refractivity contribution in [2.45, 2.75) is 47.0 Å². The van der Waals surface area contributed by atoms with Crippen LogP contribution >= 0.6 is 0 Å². The number of nitrogens with zero attached hydrogens (tertiary/aromatic N) is 1. The minimum Gasteiger partial charge on any atom is -0.350 e. The Balaban J connectivity index is 1.80. The maximum absolute atomic E-state index is 13.7. The number of anilines is 2. The number of aryl methyl sites for hydroxylation is 3. The highest BCUT2D eigenvalue weighted by atomic mass is 16.2. The van der Waals surface area contributed by atoms with Gasteiger partial charge in [-0.3, -0.25) is 9.59 Å². The zero-order chi connectivity index (χ0) is 23.7. The maximum Gasteiger partial charge on any atom is 0.282 e. The van der Waals surface area contributed by atoms with Crippen molar-refractivity contribution < 1.29 is 9.59 Å². The van der Waals surface area contributed by atoms with Gasteiger partial charge in [0, 0.05) is 5.69 Å². The van der Waals surface area contributed by atoms with E-state index in [4.69, 9.17) is 0 Å². The summed E-state index contributed by atoms with van der Waals surface area (Å²) in [5.74, 6) is -0.278.